The molecule has 6 heteroatoms. The number of rotatable bonds is 2. The zero-order valence-electron chi connectivity index (χ0n) is 8.91. The summed E-state index contributed by atoms with van der Waals surface area (Å²) in [5.41, 5.74) is -1.49. The summed E-state index contributed by atoms with van der Waals surface area (Å²) in [6.45, 7) is 0. The number of hydrogen-bond donors (Lipinski definition) is 1. The van der Waals surface area contributed by atoms with Crippen LogP contribution < -0.4 is 0 Å². The van der Waals surface area contributed by atoms with Gasteiger partial charge in [0.2, 0.25) is 0 Å². The maximum absolute atomic E-state index is 12.9. The fraction of sp³-hybridized carbons (Fsp3) is 0.167. The summed E-state index contributed by atoms with van der Waals surface area (Å²) in [5, 5.41) is 11.6. The normalized spacial score (nSPS) is 13.6. The summed E-state index contributed by atoms with van der Waals surface area (Å²) in [5.74, 6) is -0.982. The zero-order chi connectivity index (χ0) is 13.3. The molecule has 1 aromatic carbocycles. The Morgan fingerprint density at radius 1 is 1.17 bits per heavy atom. The molecule has 18 heavy (non-hydrogen) atoms. The Kier molecular flexibility index (Phi) is 3.41. The van der Waals surface area contributed by atoms with E-state index < -0.39 is 23.7 Å². The maximum Gasteiger partial charge on any atom is 0.416 e. The van der Waals surface area contributed by atoms with Crippen molar-refractivity contribution >= 4 is 11.3 Å². The van der Waals surface area contributed by atoms with Gasteiger partial charge in [-0.2, -0.15) is 13.2 Å². The highest BCUT2D eigenvalue weighted by atomic mass is 32.1. The first kappa shape index (κ1) is 13.0. The molecule has 1 N–H and O–H groups in total. The van der Waals surface area contributed by atoms with Crippen LogP contribution in [-0.2, 0) is 6.18 Å². The molecule has 0 saturated heterocycles. The van der Waals surface area contributed by atoms with Gasteiger partial charge in [-0.25, -0.2) is 4.39 Å². The second-order valence-corrected chi connectivity index (χ2v) is 4.63. The first-order chi connectivity index (χ1) is 8.39. The molecule has 1 heterocycles. The summed E-state index contributed by atoms with van der Waals surface area (Å²) in [7, 11) is 0. The minimum Gasteiger partial charge on any atom is -0.383 e. The largest absolute Gasteiger partial charge is 0.416 e. The van der Waals surface area contributed by atoms with Gasteiger partial charge in [-0.15, -0.1) is 11.3 Å². The Hall–Kier alpha value is -1.40. The van der Waals surface area contributed by atoms with E-state index in [0.29, 0.717) is 10.9 Å². The van der Waals surface area contributed by atoms with Crippen LogP contribution in [0.25, 0.3) is 0 Å². The summed E-state index contributed by atoms with van der Waals surface area (Å²) in [6, 6.07) is 5.41. The van der Waals surface area contributed by atoms with E-state index in [9.17, 15) is 22.7 Å². The quantitative estimate of drug-likeness (QED) is 0.822. The first-order valence-electron chi connectivity index (χ1n) is 4.97. The highest BCUT2D eigenvalue weighted by molar-refractivity contribution is 7.10. The van der Waals surface area contributed by atoms with Crippen LogP contribution in [0.5, 0.6) is 0 Å². The van der Waals surface area contributed by atoms with Crippen molar-refractivity contribution in [3.63, 3.8) is 0 Å². The Bertz CT molecular complexity index is 534. The zero-order valence-corrected chi connectivity index (χ0v) is 9.73. The van der Waals surface area contributed by atoms with E-state index in [-0.39, 0.29) is 5.56 Å². The molecule has 2 rings (SSSR count). The van der Waals surface area contributed by atoms with Gasteiger partial charge in [0.05, 0.1) is 5.56 Å². The molecule has 0 aliphatic rings. The van der Waals surface area contributed by atoms with Crippen molar-refractivity contribution in [2.24, 2.45) is 0 Å². The number of hydrogen-bond acceptors (Lipinski definition) is 2. The van der Waals surface area contributed by atoms with Gasteiger partial charge in [0.25, 0.3) is 0 Å². The lowest BCUT2D eigenvalue weighted by atomic mass is 10.0. The Morgan fingerprint density at radius 2 is 1.89 bits per heavy atom. The molecular formula is C12H8F4OS. The minimum absolute atomic E-state index is 0.341. The molecule has 2 aromatic rings. The van der Waals surface area contributed by atoms with Gasteiger partial charge in [-0.1, -0.05) is 12.1 Å². The third-order valence-corrected chi connectivity index (χ3v) is 3.35. The Balaban J connectivity index is 2.51. The molecule has 1 unspecified atom stereocenters. The van der Waals surface area contributed by atoms with Gasteiger partial charge < -0.3 is 5.11 Å². The summed E-state index contributed by atoms with van der Waals surface area (Å²) < 4.78 is 51.2. The van der Waals surface area contributed by atoms with Crippen molar-refractivity contribution in [1.29, 1.82) is 0 Å². The lowest BCUT2D eigenvalue weighted by molar-refractivity contribution is -0.139. The highest BCUT2D eigenvalue weighted by Crippen LogP contribution is 2.37. The van der Waals surface area contributed by atoms with E-state index in [4.69, 9.17) is 0 Å². The molecule has 1 atom stereocenters. The minimum atomic E-state index is -4.70. The average Bonchev–Trinajstić information content (AvgIpc) is 2.80. The third-order valence-electron chi connectivity index (χ3n) is 2.43. The van der Waals surface area contributed by atoms with Crippen LogP contribution in [0.1, 0.15) is 22.1 Å². The number of thiophene rings is 1. The average molecular weight is 276 g/mol. The topological polar surface area (TPSA) is 20.2 Å². The smallest absolute Gasteiger partial charge is 0.383 e. The highest BCUT2D eigenvalue weighted by Gasteiger charge is 2.35. The molecule has 1 aromatic heterocycles. The fourth-order valence-corrected chi connectivity index (χ4v) is 2.34. The SMILES string of the molecule is OC(c1cccs1)c1ccc(F)cc1C(F)(F)F. The molecule has 0 fully saturated rings. The van der Waals surface area contributed by atoms with Crippen LogP contribution in [0.15, 0.2) is 35.7 Å². The number of halogens is 4. The van der Waals surface area contributed by atoms with Crippen molar-refractivity contribution in [3.8, 4) is 0 Å². The molecule has 0 bridgehead atoms. The molecule has 1 nitrogen and oxygen atoms in total. The van der Waals surface area contributed by atoms with Gasteiger partial charge in [-0.05, 0) is 29.1 Å². The third kappa shape index (κ3) is 2.54. The predicted molar refractivity (Wildman–Crippen MR) is 59.8 cm³/mol. The molecule has 0 radical (unpaired) electrons. The fourth-order valence-electron chi connectivity index (χ4n) is 1.61. The van der Waals surface area contributed by atoms with E-state index in [1.165, 1.54) is 6.07 Å². The molecular weight excluding hydrogens is 268 g/mol. The van der Waals surface area contributed by atoms with Crippen LogP contribution in [0, 0.1) is 5.82 Å². The predicted octanol–water partition coefficient (Wildman–Crippen LogP) is 3.99. The lowest BCUT2D eigenvalue weighted by Gasteiger charge is -2.16. The van der Waals surface area contributed by atoms with Gasteiger partial charge in [0, 0.05) is 4.88 Å². The van der Waals surface area contributed by atoms with Crippen molar-refractivity contribution in [2.45, 2.75) is 12.3 Å². The van der Waals surface area contributed by atoms with Gasteiger partial charge in [0.15, 0.2) is 0 Å². The standard InChI is InChI=1S/C12H8F4OS/c13-7-3-4-8(9(6-7)12(14,15)16)11(17)10-2-1-5-18-10/h1-6,11,17H. The second-order valence-electron chi connectivity index (χ2n) is 3.65. The van der Waals surface area contributed by atoms with Crippen LogP contribution in [0.4, 0.5) is 17.6 Å². The molecule has 0 spiro atoms. The molecule has 96 valence electrons. The number of aliphatic hydroxyl groups excluding tert-OH is 1. The Morgan fingerprint density at radius 3 is 2.44 bits per heavy atom. The molecule has 0 saturated carbocycles. The van der Waals surface area contributed by atoms with Crippen molar-refractivity contribution in [1.82, 2.24) is 0 Å². The van der Waals surface area contributed by atoms with E-state index >= 15 is 0 Å². The van der Waals surface area contributed by atoms with Crippen molar-refractivity contribution in [3.05, 3.63) is 57.5 Å². The van der Waals surface area contributed by atoms with E-state index in [1.54, 1.807) is 11.4 Å². The van der Waals surface area contributed by atoms with Crippen LogP contribution in [0.3, 0.4) is 0 Å². The van der Waals surface area contributed by atoms with Gasteiger partial charge >= 0.3 is 6.18 Å². The number of benzene rings is 1. The number of aliphatic hydroxyl groups is 1. The first-order valence-corrected chi connectivity index (χ1v) is 5.85. The second kappa shape index (κ2) is 4.70. The summed E-state index contributed by atoms with van der Waals surface area (Å²) in [4.78, 5) is 0.382. The van der Waals surface area contributed by atoms with E-state index in [1.807, 2.05) is 0 Å². The van der Waals surface area contributed by atoms with Gasteiger partial charge in [0.1, 0.15) is 11.9 Å². The van der Waals surface area contributed by atoms with Crippen molar-refractivity contribution in [2.75, 3.05) is 0 Å². The lowest BCUT2D eigenvalue weighted by Crippen LogP contribution is -2.12. The van der Waals surface area contributed by atoms with Crippen LogP contribution >= 0.6 is 11.3 Å². The summed E-state index contributed by atoms with van der Waals surface area (Å²) >= 11 is 1.14. The monoisotopic (exact) mass is 276 g/mol. The summed E-state index contributed by atoms with van der Waals surface area (Å²) in [6.07, 6.45) is -6.10. The van der Waals surface area contributed by atoms with E-state index in [2.05, 4.69) is 0 Å². The Labute approximate surface area is 104 Å². The molecule has 0 aliphatic carbocycles. The number of alkyl halides is 3. The van der Waals surface area contributed by atoms with E-state index in [0.717, 1.165) is 23.5 Å². The van der Waals surface area contributed by atoms with Gasteiger partial charge in [-0.3, -0.25) is 0 Å². The molecule has 0 amide bonds. The van der Waals surface area contributed by atoms with Crippen molar-refractivity contribution < 1.29 is 22.7 Å². The van der Waals surface area contributed by atoms with Crippen LogP contribution in [0.2, 0.25) is 0 Å². The maximum atomic E-state index is 12.9. The van der Waals surface area contributed by atoms with Crippen LogP contribution in [-0.4, -0.2) is 5.11 Å². The molecule has 0 aliphatic heterocycles.